The minimum atomic E-state index is -0.310. The molecule has 0 rings (SSSR count). The maximum Gasteiger partial charge on any atom is 0.0692 e. The molecule has 0 spiro atoms. The van der Waals surface area contributed by atoms with Gasteiger partial charge >= 0.3 is 0 Å². The van der Waals surface area contributed by atoms with Gasteiger partial charge < -0.3 is 5.11 Å². The van der Waals surface area contributed by atoms with E-state index in [1.165, 1.54) is 0 Å². The van der Waals surface area contributed by atoms with Crippen LogP contribution in [0.25, 0.3) is 0 Å². The van der Waals surface area contributed by atoms with Crippen molar-refractivity contribution in [3.8, 4) is 0 Å². The van der Waals surface area contributed by atoms with Crippen LogP contribution < -0.4 is 0 Å². The van der Waals surface area contributed by atoms with Crippen LogP contribution in [0.4, 0.5) is 0 Å². The summed E-state index contributed by atoms with van der Waals surface area (Å²) in [5.41, 5.74) is 0. The first-order chi connectivity index (χ1) is 4.27. The molecule has 9 heavy (non-hydrogen) atoms. The summed E-state index contributed by atoms with van der Waals surface area (Å²) < 4.78 is 0. The zero-order valence-corrected chi connectivity index (χ0v) is 6.04. The van der Waals surface area contributed by atoms with E-state index in [2.05, 4.69) is 0 Å². The lowest BCUT2D eigenvalue weighted by Crippen LogP contribution is -1.90. The van der Waals surface area contributed by atoms with E-state index in [9.17, 15) is 0 Å². The largest absolute Gasteiger partial charge is 0.389 e. The first-order valence-electron chi connectivity index (χ1n) is 3.23. The molecule has 0 fully saturated rings. The van der Waals surface area contributed by atoms with Gasteiger partial charge in [0, 0.05) is 0 Å². The smallest absolute Gasteiger partial charge is 0.0692 e. The van der Waals surface area contributed by atoms with Crippen molar-refractivity contribution in [3.63, 3.8) is 0 Å². The predicted molar refractivity (Wildman–Crippen MR) is 40.3 cm³/mol. The summed E-state index contributed by atoms with van der Waals surface area (Å²) in [5, 5.41) is 8.74. The highest BCUT2D eigenvalue weighted by Gasteiger charge is 1.80. The molecule has 52 valence electrons. The van der Waals surface area contributed by atoms with Gasteiger partial charge in [-0.3, -0.25) is 0 Å². The molecule has 0 amide bonds. The summed E-state index contributed by atoms with van der Waals surface area (Å²) in [6, 6.07) is 0. The average Bonchev–Trinajstić information content (AvgIpc) is 1.80. The third-order valence-corrected chi connectivity index (χ3v) is 0.922. The van der Waals surface area contributed by atoms with E-state index in [1.807, 2.05) is 25.2 Å². The number of rotatable bonds is 3. The number of aliphatic hydroxyl groups is 1. The molecular formula is C8H14O. The van der Waals surface area contributed by atoms with Crippen LogP contribution in [0.3, 0.4) is 0 Å². The second kappa shape index (κ2) is 5.57. The van der Waals surface area contributed by atoms with Gasteiger partial charge in [-0.15, -0.1) is 0 Å². The summed E-state index contributed by atoms with van der Waals surface area (Å²) in [4.78, 5) is 0. The highest BCUT2D eigenvalue weighted by Crippen LogP contribution is 1.88. The van der Waals surface area contributed by atoms with Crippen LogP contribution >= 0.6 is 0 Å². The minimum Gasteiger partial charge on any atom is -0.389 e. The summed E-state index contributed by atoms with van der Waals surface area (Å²) in [7, 11) is 0. The van der Waals surface area contributed by atoms with Gasteiger partial charge in [-0.05, 0) is 20.3 Å². The standard InChI is InChI=1S/C8H14O/c1-3-4-5-6-7-8(2)9/h3-4,6-9H,5H2,1-2H3/b4-3+,7-6-/t8-/m1/s1. The maximum atomic E-state index is 8.74. The number of hydrogen-bond donors (Lipinski definition) is 1. The van der Waals surface area contributed by atoms with Gasteiger partial charge in [-0.25, -0.2) is 0 Å². The van der Waals surface area contributed by atoms with Crippen molar-refractivity contribution in [2.45, 2.75) is 26.4 Å². The molecule has 0 aromatic carbocycles. The summed E-state index contributed by atoms with van der Waals surface area (Å²) >= 11 is 0. The van der Waals surface area contributed by atoms with Gasteiger partial charge in [0.15, 0.2) is 0 Å². The Morgan fingerprint density at radius 1 is 1.44 bits per heavy atom. The van der Waals surface area contributed by atoms with Crippen molar-refractivity contribution in [1.82, 2.24) is 0 Å². The van der Waals surface area contributed by atoms with Crippen molar-refractivity contribution >= 4 is 0 Å². The van der Waals surface area contributed by atoms with Gasteiger partial charge in [-0.1, -0.05) is 24.3 Å². The third kappa shape index (κ3) is 7.44. The minimum absolute atomic E-state index is 0.310. The Kier molecular flexibility index (Phi) is 5.23. The average molecular weight is 126 g/mol. The lowest BCUT2D eigenvalue weighted by atomic mass is 10.3. The monoisotopic (exact) mass is 126 g/mol. The fraction of sp³-hybridized carbons (Fsp3) is 0.500. The molecule has 0 bridgehead atoms. The molecule has 0 saturated carbocycles. The second-order valence-electron chi connectivity index (χ2n) is 1.97. The van der Waals surface area contributed by atoms with Gasteiger partial charge in [0.1, 0.15) is 0 Å². The Hall–Kier alpha value is -0.560. The highest BCUT2D eigenvalue weighted by molar-refractivity contribution is 4.93. The molecule has 0 aromatic rings. The Morgan fingerprint density at radius 2 is 2.11 bits per heavy atom. The molecule has 0 unspecified atom stereocenters. The van der Waals surface area contributed by atoms with E-state index < -0.39 is 0 Å². The van der Waals surface area contributed by atoms with Gasteiger partial charge in [0.2, 0.25) is 0 Å². The summed E-state index contributed by atoms with van der Waals surface area (Å²) in [6.07, 6.45) is 8.37. The Balaban J connectivity index is 3.25. The van der Waals surface area contributed by atoms with Crippen molar-refractivity contribution in [2.24, 2.45) is 0 Å². The maximum absolute atomic E-state index is 8.74. The predicted octanol–water partition coefficient (Wildman–Crippen LogP) is 1.89. The number of allylic oxidation sites excluding steroid dienone is 3. The highest BCUT2D eigenvalue weighted by atomic mass is 16.3. The van der Waals surface area contributed by atoms with Crippen molar-refractivity contribution < 1.29 is 5.11 Å². The topological polar surface area (TPSA) is 20.2 Å². The van der Waals surface area contributed by atoms with E-state index in [4.69, 9.17) is 5.11 Å². The van der Waals surface area contributed by atoms with E-state index in [-0.39, 0.29) is 6.10 Å². The lowest BCUT2D eigenvalue weighted by Gasteiger charge is -1.89. The molecule has 0 heterocycles. The third-order valence-electron chi connectivity index (χ3n) is 0.922. The molecule has 0 saturated heterocycles. The van der Waals surface area contributed by atoms with Crippen LogP contribution in [0.1, 0.15) is 20.3 Å². The summed E-state index contributed by atoms with van der Waals surface area (Å²) in [6.45, 7) is 3.72. The molecule has 1 heteroatoms. The van der Waals surface area contributed by atoms with E-state index >= 15 is 0 Å². The van der Waals surface area contributed by atoms with Crippen LogP contribution in [0, 0.1) is 0 Å². The normalized spacial score (nSPS) is 15.4. The molecular weight excluding hydrogens is 112 g/mol. The Bertz CT molecular complexity index is 101. The number of aliphatic hydroxyl groups excluding tert-OH is 1. The quantitative estimate of drug-likeness (QED) is 0.572. The fourth-order valence-corrected chi connectivity index (χ4v) is 0.490. The number of hydrogen-bond acceptors (Lipinski definition) is 1. The lowest BCUT2D eigenvalue weighted by molar-refractivity contribution is 0.244. The zero-order valence-electron chi connectivity index (χ0n) is 6.04. The fourth-order valence-electron chi connectivity index (χ4n) is 0.490. The first-order valence-corrected chi connectivity index (χ1v) is 3.23. The zero-order chi connectivity index (χ0) is 7.11. The SMILES string of the molecule is C/C=C/C/C=C\[C@@H](C)O. The first kappa shape index (κ1) is 8.44. The summed E-state index contributed by atoms with van der Waals surface area (Å²) in [5.74, 6) is 0. The molecule has 1 atom stereocenters. The van der Waals surface area contributed by atoms with Crippen molar-refractivity contribution in [1.29, 1.82) is 0 Å². The van der Waals surface area contributed by atoms with Crippen molar-refractivity contribution in [3.05, 3.63) is 24.3 Å². The van der Waals surface area contributed by atoms with Crippen molar-refractivity contribution in [2.75, 3.05) is 0 Å². The van der Waals surface area contributed by atoms with E-state index in [0.717, 1.165) is 6.42 Å². The Morgan fingerprint density at radius 3 is 2.56 bits per heavy atom. The van der Waals surface area contributed by atoms with Crippen LogP contribution in [-0.4, -0.2) is 11.2 Å². The molecule has 0 radical (unpaired) electrons. The molecule has 1 N–H and O–H groups in total. The molecule has 0 aliphatic heterocycles. The van der Waals surface area contributed by atoms with Gasteiger partial charge in [0.25, 0.3) is 0 Å². The van der Waals surface area contributed by atoms with Crippen LogP contribution in [-0.2, 0) is 0 Å². The molecule has 0 aliphatic carbocycles. The molecule has 0 aliphatic rings. The molecule has 0 aromatic heterocycles. The van der Waals surface area contributed by atoms with Gasteiger partial charge in [-0.2, -0.15) is 0 Å². The molecule has 1 nitrogen and oxygen atoms in total. The van der Waals surface area contributed by atoms with Crippen LogP contribution in [0.15, 0.2) is 24.3 Å². The van der Waals surface area contributed by atoms with Crippen LogP contribution in [0.2, 0.25) is 0 Å². The second-order valence-corrected chi connectivity index (χ2v) is 1.97. The van der Waals surface area contributed by atoms with Crippen LogP contribution in [0.5, 0.6) is 0 Å². The van der Waals surface area contributed by atoms with Gasteiger partial charge in [0.05, 0.1) is 6.10 Å². The van der Waals surface area contributed by atoms with E-state index in [1.54, 1.807) is 13.0 Å². The van der Waals surface area contributed by atoms with E-state index in [0.29, 0.717) is 0 Å². The Labute approximate surface area is 56.7 Å².